The van der Waals surface area contributed by atoms with E-state index in [0.29, 0.717) is 34.8 Å². The number of benzene rings is 1. The molecule has 0 aliphatic heterocycles. The summed E-state index contributed by atoms with van der Waals surface area (Å²) in [4.78, 5) is 32.7. The van der Waals surface area contributed by atoms with Crippen LogP contribution < -0.4 is 0 Å². The van der Waals surface area contributed by atoms with E-state index in [1.165, 1.54) is 77.0 Å². The first-order valence-corrected chi connectivity index (χ1v) is 19.0. The van der Waals surface area contributed by atoms with E-state index in [-0.39, 0.29) is 11.8 Å². The molecule has 254 valence electrons. The maximum absolute atomic E-state index is 14.2. The number of amides is 2. The summed E-state index contributed by atoms with van der Waals surface area (Å²) in [5.74, 6) is 2.27. The van der Waals surface area contributed by atoms with Crippen molar-refractivity contribution in [3.8, 4) is 0 Å². The van der Waals surface area contributed by atoms with Crippen LogP contribution >= 0.6 is 0 Å². The molecule has 0 saturated carbocycles. The van der Waals surface area contributed by atoms with E-state index in [0.717, 1.165) is 51.9 Å². The van der Waals surface area contributed by atoms with Crippen molar-refractivity contribution in [2.24, 2.45) is 23.7 Å². The van der Waals surface area contributed by atoms with Gasteiger partial charge in [0.2, 0.25) is 0 Å². The summed E-state index contributed by atoms with van der Waals surface area (Å²) in [5.41, 5.74) is 1.34. The zero-order valence-electron chi connectivity index (χ0n) is 30.5. The average Bonchev–Trinajstić information content (AvgIpc) is 3.06. The van der Waals surface area contributed by atoms with Crippen LogP contribution in [0.1, 0.15) is 179 Å². The van der Waals surface area contributed by atoms with Gasteiger partial charge in [-0.25, -0.2) is 0 Å². The first-order valence-electron chi connectivity index (χ1n) is 19.0. The Morgan fingerprint density at radius 2 is 0.773 bits per heavy atom. The second-order valence-electron chi connectivity index (χ2n) is 13.7. The molecule has 1 aromatic carbocycles. The van der Waals surface area contributed by atoms with Crippen molar-refractivity contribution in [1.29, 1.82) is 0 Å². The molecule has 1 rings (SSSR count). The standard InChI is InChI=1S/C40H72N2O2/c1-9-17-22-33(13-5)29-41(30-34(14-6)23-18-10-2)39(43)37-26-21-27-38(28-37)40(44)42(31-35(15-7)24-19-11-3)32-36(16-8)25-20-12-4/h21,26-28,33-36H,9-20,22-25,29-32H2,1-8H3. The highest BCUT2D eigenvalue weighted by Crippen LogP contribution is 2.24. The van der Waals surface area contributed by atoms with E-state index in [4.69, 9.17) is 0 Å². The van der Waals surface area contributed by atoms with Crippen LogP contribution in [0.2, 0.25) is 0 Å². The van der Waals surface area contributed by atoms with E-state index in [1.807, 2.05) is 24.3 Å². The molecule has 44 heavy (non-hydrogen) atoms. The van der Waals surface area contributed by atoms with Crippen LogP contribution in [0.4, 0.5) is 0 Å². The van der Waals surface area contributed by atoms with E-state index in [9.17, 15) is 9.59 Å². The minimum atomic E-state index is 0.0971. The lowest BCUT2D eigenvalue weighted by molar-refractivity contribution is 0.0682. The molecule has 4 unspecified atom stereocenters. The Morgan fingerprint density at radius 1 is 0.500 bits per heavy atom. The van der Waals surface area contributed by atoms with Gasteiger partial charge in [-0.05, 0) is 67.6 Å². The molecule has 0 saturated heterocycles. The minimum absolute atomic E-state index is 0.0971. The molecule has 4 nitrogen and oxygen atoms in total. The lowest BCUT2D eigenvalue weighted by Crippen LogP contribution is -2.40. The Morgan fingerprint density at radius 3 is 1.00 bits per heavy atom. The van der Waals surface area contributed by atoms with Crippen LogP contribution in [0.3, 0.4) is 0 Å². The highest BCUT2D eigenvalue weighted by atomic mass is 16.2. The smallest absolute Gasteiger partial charge is 0.253 e. The van der Waals surface area contributed by atoms with Gasteiger partial charge in [0.15, 0.2) is 0 Å². The van der Waals surface area contributed by atoms with Gasteiger partial charge >= 0.3 is 0 Å². The van der Waals surface area contributed by atoms with Gasteiger partial charge in [0.25, 0.3) is 11.8 Å². The molecule has 0 heterocycles. The molecule has 0 spiro atoms. The fourth-order valence-electron chi connectivity index (χ4n) is 6.55. The topological polar surface area (TPSA) is 40.6 Å². The predicted molar refractivity (Wildman–Crippen MR) is 191 cm³/mol. The monoisotopic (exact) mass is 613 g/mol. The molecule has 0 bridgehead atoms. The number of carbonyl (C=O) groups excluding carboxylic acids is 2. The second-order valence-corrected chi connectivity index (χ2v) is 13.7. The van der Waals surface area contributed by atoms with Gasteiger partial charge in [-0.1, -0.05) is 139 Å². The van der Waals surface area contributed by atoms with Gasteiger partial charge in [0, 0.05) is 37.3 Å². The van der Waals surface area contributed by atoms with Crippen molar-refractivity contribution in [3.63, 3.8) is 0 Å². The lowest BCUT2D eigenvalue weighted by Gasteiger charge is -2.32. The summed E-state index contributed by atoms with van der Waals surface area (Å²) in [7, 11) is 0. The Bertz CT molecular complexity index is 781. The maximum atomic E-state index is 14.2. The van der Waals surface area contributed by atoms with Gasteiger partial charge in [-0.3, -0.25) is 9.59 Å². The highest BCUT2D eigenvalue weighted by molar-refractivity contribution is 5.99. The number of carbonyl (C=O) groups is 2. The SMILES string of the molecule is CCCCC(CC)CN(CC(CC)CCCC)C(=O)c1cccc(C(=O)N(CC(CC)CCCC)CC(CC)CCCC)c1. The maximum Gasteiger partial charge on any atom is 0.253 e. The molecule has 0 N–H and O–H groups in total. The van der Waals surface area contributed by atoms with Crippen LogP contribution in [-0.2, 0) is 0 Å². The van der Waals surface area contributed by atoms with Crippen LogP contribution in [0, 0.1) is 23.7 Å². The molecule has 0 radical (unpaired) electrons. The van der Waals surface area contributed by atoms with Crippen LogP contribution in [0.5, 0.6) is 0 Å². The molecule has 2 amide bonds. The van der Waals surface area contributed by atoms with Crippen LogP contribution in [-0.4, -0.2) is 47.8 Å². The van der Waals surface area contributed by atoms with Gasteiger partial charge < -0.3 is 9.80 Å². The molecule has 0 fully saturated rings. The summed E-state index contributed by atoms with van der Waals surface area (Å²) >= 11 is 0. The Balaban J connectivity index is 3.35. The third-order valence-corrected chi connectivity index (χ3v) is 10.0. The van der Waals surface area contributed by atoms with Gasteiger partial charge in [0.1, 0.15) is 0 Å². The van der Waals surface area contributed by atoms with Crippen LogP contribution in [0.15, 0.2) is 24.3 Å². The zero-order chi connectivity index (χ0) is 32.7. The van der Waals surface area contributed by atoms with Crippen molar-refractivity contribution in [2.45, 2.75) is 158 Å². The highest BCUT2D eigenvalue weighted by Gasteiger charge is 2.26. The van der Waals surface area contributed by atoms with E-state index in [1.54, 1.807) is 0 Å². The van der Waals surface area contributed by atoms with Crippen molar-refractivity contribution in [2.75, 3.05) is 26.2 Å². The summed E-state index contributed by atoms with van der Waals surface area (Å²) in [6.45, 7) is 21.3. The zero-order valence-corrected chi connectivity index (χ0v) is 30.5. The number of rotatable bonds is 26. The summed E-state index contributed by atoms with van der Waals surface area (Å²) in [5, 5.41) is 0. The Kier molecular flexibility index (Phi) is 22.3. The van der Waals surface area contributed by atoms with Crippen molar-refractivity contribution >= 4 is 11.8 Å². The van der Waals surface area contributed by atoms with E-state index in [2.05, 4.69) is 65.2 Å². The number of unbranched alkanes of at least 4 members (excludes halogenated alkanes) is 4. The Hall–Kier alpha value is -1.84. The largest absolute Gasteiger partial charge is 0.338 e. The van der Waals surface area contributed by atoms with Crippen molar-refractivity contribution < 1.29 is 9.59 Å². The molecule has 0 aliphatic carbocycles. The van der Waals surface area contributed by atoms with Crippen molar-refractivity contribution in [3.05, 3.63) is 35.4 Å². The number of hydrogen-bond donors (Lipinski definition) is 0. The Labute approximate surface area is 274 Å². The quantitative estimate of drug-likeness (QED) is 0.104. The molecule has 4 atom stereocenters. The first kappa shape index (κ1) is 40.2. The molecular weight excluding hydrogens is 540 g/mol. The van der Waals surface area contributed by atoms with Gasteiger partial charge in [-0.2, -0.15) is 0 Å². The summed E-state index contributed by atoms with van der Waals surface area (Å²) < 4.78 is 0. The molecular formula is C40H72N2O2. The van der Waals surface area contributed by atoms with E-state index < -0.39 is 0 Å². The molecule has 4 heteroatoms. The fourth-order valence-corrected chi connectivity index (χ4v) is 6.55. The first-order chi connectivity index (χ1) is 21.3. The molecule has 1 aromatic rings. The molecule has 0 aliphatic rings. The number of hydrogen-bond acceptors (Lipinski definition) is 2. The third kappa shape index (κ3) is 15.0. The minimum Gasteiger partial charge on any atom is -0.338 e. The lowest BCUT2D eigenvalue weighted by atomic mass is 9.94. The average molecular weight is 613 g/mol. The van der Waals surface area contributed by atoms with Crippen molar-refractivity contribution in [1.82, 2.24) is 9.80 Å². The normalized spacial score (nSPS) is 14.2. The summed E-state index contributed by atoms with van der Waals surface area (Å²) in [6, 6.07) is 7.71. The summed E-state index contributed by atoms with van der Waals surface area (Å²) in [6.07, 6.45) is 18.6. The fraction of sp³-hybridized carbons (Fsp3) is 0.800. The van der Waals surface area contributed by atoms with Gasteiger partial charge in [-0.15, -0.1) is 0 Å². The third-order valence-electron chi connectivity index (χ3n) is 10.0. The van der Waals surface area contributed by atoms with E-state index >= 15 is 0 Å². The number of nitrogens with zero attached hydrogens (tertiary/aromatic N) is 2. The van der Waals surface area contributed by atoms with Crippen LogP contribution in [0.25, 0.3) is 0 Å². The van der Waals surface area contributed by atoms with Gasteiger partial charge in [0.05, 0.1) is 0 Å². The predicted octanol–water partition coefficient (Wildman–Crippen LogP) is 11.4. The molecule has 0 aromatic heterocycles. The second kappa shape index (κ2) is 24.4.